The van der Waals surface area contributed by atoms with Crippen molar-refractivity contribution in [2.45, 2.75) is 6.54 Å². The van der Waals surface area contributed by atoms with Crippen LogP contribution in [0.1, 0.15) is 27.0 Å². The highest BCUT2D eigenvalue weighted by Gasteiger charge is 2.21. The van der Waals surface area contributed by atoms with Crippen LogP contribution in [0, 0.1) is 5.82 Å². The molecule has 0 aliphatic carbocycles. The number of pyridine rings is 1. The second-order valence-electron chi connectivity index (χ2n) is 6.15. The quantitative estimate of drug-likeness (QED) is 0.543. The molecular weight excluding hydrogens is 345 g/mol. The van der Waals surface area contributed by atoms with Crippen LogP contribution in [0.15, 0.2) is 60.8 Å². The maximum absolute atomic E-state index is 14.4. The molecule has 0 atom stereocenters. The number of fused-ring (bicyclic) bond motifs is 2. The van der Waals surface area contributed by atoms with E-state index in [2.05, 4.69) is 4.98 Å². The summed E-state index contributed by atoms with van der Waals surface area (Å²) in [6.07, 6.45) is 5.33. The van der Waals surface area contributed by atoms with Crippen molar-refractivity contribution in [1.82, 2.24) is 10.5 Å². The van der Waals surface area contributed by atoms with E-state index in [0.29, 0.717) is 17.7 Å². The number of benzene rings is 2. The number of nitrogens with zero attached hydrogens (tertiary/aromatic N) is 2. The van der Waals surface area contributed by atoms with Gasteiger partial charge in [-0.15, -0.1) is 0 Å². The third kappa shape index (κ3) is 3.18. The van der Waals surface area contributed by atoms with Gasteiger partial charge in [-0.2, -0.15) is 0 Å². The van der Waals surface area contributed by atoms with E-state index in [1.807, 2.05) is 29.2 Å². The summed E-state index contributed by atoms with van der Waals surface area (Å²) in [6, 6.07) is 15.6. The summed E-state index contributed by atoms with van der Waals surface area (Å²) in [6.45, 7) is 0.448. The van der Waals surface area contributed by atoms with Crippen LogP contribution in [0.3, 0.4) is 0 Å². The molecule has 1 aromatic heterocycles. The van der Waals surface area contributed by atoms with E-state index in [9.17, 15) is 9.18 Å². The predicted molar refractivity (Wildman–Crippen MR) is 101 cm³/mol. The van der Waals surface area contributed by atoms with E-state index in [-0.39, 0.29) is 5.82 Å². The average Bonchev–Trinajstić information content (AvgIpc) is 2.86. The molecule has 1 aliphatic heterocycles. The summed E-state index contributed by atoms with van der Waals surface area (Å²) >= 11 is 0. The number of carbonyl (C=O) groups is 1. The number of hydrogen-bond donors (Lipinski definition) is 2. The van der Waals surface area contributed by atoms with Crippen molar-refractivity contribution in [1.29, 1.82) is 0 Å². The molecule has 0 saturated heterocycles. The minimum absolute atomic E-state index is 0.295. The van der Waals surface area contributed by atoms with Crippen molar-refractivity contribution < 1.29 is 14.4 Å². The third-order valence-electron chi connectivity index (χ3n) is 4.48. The molecule has 4 rings (SSSR count). The maximum Gasteiger partial charge on any atom is 0.274 e. The van der Waals surface area contributed by atoms with Gasteiger partial charge in [-0.3, -0.25) is 10.0 Å². The first-order valence-corrected chi connectivity index (χ1v) is 8.40. The first-order valence-electron chi connectivity index (χ1n) is 8.40. The number of hydroxylamine groups is 1. The molecule has 1 amide bonds. The van der Waals surface area contributed by atoms with Crippen LogP contribution in [0.25, 0.3) is 12.2 Å². The minimum atomic E-state index is -0.569. The number of carbonyl (C=O) groups excluding carboxylic acids is 1. The predicted octanol–water partition coefficient (Wildman–Crippen LogP) is 4.16. The summed E-state index contributed by atoms with van der Waals surface area (Å²) in [5.41, 5.74) is 5.00. The molecule has 6 heteroatoms. The highest BCUT2D eigenvalue weighted by Crippen LogP contribution is 2.37. The zero-order chi connectivity index (χ0) is 18.8. The van der Waals surface area contributed by atoms with E-state index in [1.165, 1.54) is 6.07 Å². The Morgan fingerprint density at radius 3 is 2.67 bits per heavy atom. The Balaban J connectivity index is 1.77. The van der Waals surface area contributed by atoms with Crippen molar-refractivity contribution in [2.75, 3.05) is 4.90 Å². The fourth-order valence-electron chi connectivity index (χ4n) is 3.15. The Morgan fingerprint density at radius 2 is 1.89 bits per heavy atom. The lowest BCUT2D eigenvalue weighted by atomic mass is 10.1. The average molecular weight is 361 g/mol. The summed E-state index contributed by atoms with van der Waals surface area (Å²) in [4.78, 5) is 17.9. The van der Waals surface area contributed by atoms with Crippen molar-refractivity contribution in [2.24, 2.45) is 0 Å². The normalized spacial score (nSPS) is 12.1. The Bertz CT molecular complexity index is 1030. The second kappa shape index (κ2) is 7.01. The molecule has 2 N–H and O–H groups in total. The molecule has 0 radical (unpaired) electrons. The lowest BCUT2D eigenvalue weighted by molar-refractivity contribution is 0.0706. The van der Waals surface area contributed by atoms with E-state index in [0.717, 1.165) is 22.6 Å². The Kier molecular flexibility index (Phi) is 4.40. The molecule has 1 aliphatic rings. The molecule has 0 bridgehead atoms. The van der Waals surface area contributed by atoms with E-state index < -0.39 is 5.91 Å². The third-order valence-corrected chi connectivity index (χ3v) is 4.48. The highest BCUT2D eigenvalue weighted by atomic mass is 19.1. The summed E-state index contributed by atoms with van der Waals surface area (Å²) in [7, 11) is 0. The Labute approximate surface area is 155 Å². The zero-order valence-electron chi connectivity index (χ0n) is 14.3. The largest absolute Gasteiger partial charge is 0.321 e. The number of halogens is 1. The molecule has 0 unspecified atom stereocenters. The summed E-state index contributed by atoms with van der Waals surface area (Å²) in [5, 5.41) is 8.74. The van der Waals surface area contributed by atoms with Crippen molar-refractivity contribution >= 4 is 29.6 Å². The number of nitrogens with one attached hydrogen (secondary N) is 1. The number of anilines is 2. The lowest BCUT2D eigenvalue weighted by Crippen LogP contribution is -2.20. The van der Waals surface area contributed by atoms with Gasteiger partial charge in [-0.1, -0.05) is 24.3 Å². The van der Waals surface area contributed by atoms with Crippen LogP contribution in [-0.2, 0) is 6.54 Å². The molecule has 0 spiro atoms. The van der Waals surface area contributed by atoms with Crippen molar-refractivity contribution in [3.8, 4) is 0 Å². The van der Waals surface area contributed by atoms with Gasteiger partial charge in [0.05, 0.1) is 5.69 Å². The minimum Gasteiger partial charge on any atom is -0.321 e. The van der Waals surface area contributed by atoms with Gasteiger partial charge in [0.2, 0.25) is 0 Å². The van der Waals surface area contributed by atoms with Gasteiger partial charge in [0, 0.05) is 29.4 Å². The van der Waals surface area contributed by atoms with E-state index in [4.69, 9.17) is 5.21 Å². The molecule has 0 saturated carbocycles. The smallest absolute Gasteiger partial charge is 0.274 e. The van der Waals surface area contributed by atoms with Crippen LogP contribution in [0.5, 0.6) is 0 Å². The molecule has 2 heterocycles. The Morgan fingerprint density at radius 1 is 1.07 bits per heavy atom. The summed E-state index contributed by atoms with van der Waals surface area (Å²) < 4.78 is 14.4. The van der Waals surface area contributed by atoms with Crippen LogP contribution in [0.4, 0.5) is 15.9 Å². The molecule has 5 nitrogen and oxygen atoms in total. The standard InChI is InChI=1S/C21H16FN3O2/c22-18-4-1-5-19-17(18)11-10-15-3-2-12-23-20(15)25(19)13-14-6-8-16(9-7-14)21(26)24-27/h1-12,27H,13H2,(H,24,26). The Hall–Kier alpha value is -3.51. The fraction of sp³-hybridized carbons (Fsp3) is 0.0476. The first-order chi connectivity index (χ1) is 13.2. The molecule has 0 fully saturated rings. The second-order valence-corrected chi connectivity index (χ2v) is 6.15. The van der Waals surface area contributed by atoms with Crippen molar-refractivity contribution in [3.05, 3.63) is 88.9 Å². The van der Waals surface area contributed by atoms with Crippen LogP contribution in [0.2, 0.25) is 0 Å². The topological polar surface area (TPSA) is 65.5 Å². The van der Waals surface area contributed by atoms with E-state index in [1.54, 1.807) is 48.1 Å². The zero-order valence-corrected chi connectivity index (χ0v) is 14.3. The monoisotopic (exact) mass is 361 g/mol. The van der Waals surface area contributed by atoms with Gasteiger partial charge in [0.1, 0.15) is 11.6 Å². The van der Waals surface area contributed by atoms with Gasteiger partial charge >= 0.3 is 0 Å². The van der Waals surface area contributed by atoms with Gasteiger partial charge in [0.15, 0.2) is 0 Å². The van der Waals surface area contributed by atoms with Crippen LogP contribution < -0.4 is 10.4 Å². The number of aromatic nitrogens is 1. The SMILES string of the molecule is O=C(NO)c1ccc(CN2c3cccc(F)c3C=Cc3cccnc32)cc1. The molecule has 3 aromatic rings. The molecule has 134 valence electrons. The fourth-order valence-corrected chi connectivity index (χ4v) is 3.15. The van der Waals surface area contributed by atoms with Gasteiger partial charge < -0.3 is 4.90 Å². The summed E-state index contributed by atoms with van der Waals surface area (Å²) in [5.74, 6) is -0.133. The number of rotatable bonds is 3. The molecule has 2 aromatic carbocycles. The van der Waals surface area contributed by atoms with Gasteiger partial charge in [0.25, 0.3) is 5.91 Å². The van der Waals surface area contributed by atoms with Crippen molar-refractivity contribution in [3.63, 3.8) is 0 Å². The molecular formula is C21H16FN3O2. The van der Waals surface area contributed by atoms with Gasteiger partial charge in [-0.25, -0.2) is 14.9 Å². The van der Waals surface area contributed by atoms with Gasteiger partial charge in [-0.05, 0) is 48.0 Å². The lowest BCUT2D eigenvalue weighted by Gasteiger charge is -2.26. The highest BCUT2D eigenvalue weighted by molar-refractivity contribution is 5.93. The number of amides is 1. The van der Waals surface area contributed by atoms with E-state index >= 15 is 0 Å². The first kappa shape index (κ1) is 16.9. The number of hydrogen-bond acceptors (Lipinski definition) is 4. The van der Waals surface area contributed by atoms with Crippen LogP contribution in [-0.4, -0.2) is 16.1 Å². The van der Waals surface area contributed by atoms with Crippen LogP contribution >= 0.6 is 0 Å². The molecule has 27 heavy (non-hydrogen) atoms. The maximum atomic E-state index is 14.4.